The molecule has 0 N–H and O–H groups in total. The van der Waals surface area contributed by atoms with Crippen molar-refractivity contribution in [1.29, 1.82) is 0 Å². The lowest BCUT2D eigenvalue weighted by Crippen LogP contribution is -2.05. The van der Waals surface area contributed by atoms with Gasteiger partial charge in [-0.25, -0.2) is 29.9 Å². The van der Waals surface area contributed by atoms with E-state index in [0.717, 1.165) is 143 Å². The van der Waals surface area contributed by atoms with E-state index in [9.17, 15) is 0 Å². The predicted molar refractivity (Wildman–Crippen MR) is 354 cm³/mol. The van der Waals surface area contributed by atoms with E-state index in [4.69, 9.17) is 38.7 Å². The number of fused-ring (bicyclic) bond motifs is 14. The molecule has 18 rings (SSSR count). The SMILES string of the molecule is c1ccc(-c2nc(-c3ccccc3)nc(-c3cc(-c4ccc(-n5c6ccccc6c6ccc7c8ccccc8oc7c65)c(-c5nc(-c6ccccc6)nc(-c6ccccc6)n5)c4)ccc3-n3c4ccccc4c4ccc5c6ccccc6oc5c43)n2)cc1. The first kappa shape index (κ1) is 49.3. The van der Waals surface area contributed by atoms with Crippen LogP contribution >= 0.6 is 0 Å². The molecular weight excluding hydrogens is 1080 g/mol. The number of furan rings is 2. The molecule has 6 aromatic heterocycles. The molecule has 18 aromatic rings. The smallest absolute Gasteiger partial charge is 0.166 e. The van der Waals surface area contributed by atoms with E-state index in [1.54, 1.807) is 0 Å². The largest absolute Gasteiger partial charge is 0.454 e. The minimum atomic E-state index is 0.502. The molecule has 0 aliphatic heterocycles. The highest BCUT2D eigenvalue weighted by Gasteiger charge is 2.27. The van der Waals surface area contributed by atoms with Crippen molar-refractivity contribution in [3.63, 3.8) is 0 Å². The van der Waals surface area contributed by atoms with Crippen molar-refractivity contribution >= 4 is 87.5 Å². The zero-order valence-electron chi connectivity index (χ0n) is 47.0. The first-order valence-corrected chi connectivity index (χ1v) is 29.3. The van der Waals surface area contributed by atoms with E-state index in [1.165, 1.54) is 0 Å². The van der Waals surface area contributed by atoms with E-state index >= 15 is 0 Å². The molecule has 88 heavy (non-hydrogen) atoms. The Morgan fingerprint density at radius 2 is 0.534 bits per heavy atom. The van der Waals surface area contributed by atoms with E-state index in [0.29, 0.717) is 34.9 Å². The van der Waals surface area contributed by atoms with Gasteiger partial charge in [0.15, 0.2) is 46.1 Å². The van der Waals surface area contributed by atoms with Crippen molar-refractivity contribution in [2.75, 3.05) is 0 Å². The fraction of sp³-hybridized carbons (Fsp3) is 0. The Morgan fingerprint density at radius 1 is 0.227 bits per heavy atom. The second-order valence-corrected chi connectivity index (χ2v) is 22.1. The maximum absolute atomic E-state index is 6.93. The van der Waals surface area contributed by atoms with E-state index in [-0.39, 0.29) is 0 Å². The van der Waals surface area contributed by atoms with E-state index in [2.05, 4.69) is 143 Å². The number of aromatic nitrogens is 8. The normalized spacial score (nSPS) is 11.9. The molecule has 10 nitrogen and oxygen atoms in total. The summed E-state index contributed by atoms with van der Waals surface area (Å²) in [6, 6.07) is 96.2. The Balaban J connectivity index is 0.945. The Bertz CT molecular complexity index is 5340. The molecule has 0 fully saturated rings. The van der Waals surface area contributed by atoms with Gasteiger partial charge in [-0.15, -0.1) is 0 Å². The molecule has 0 atom stereocenters. The van der Waals surface area contributed by atoms with Gasteiger partial charge >= 0.3 is 0 Å². The molecular formula is C78H46N8O2. The lowest BCUT2D eigenvalue weighted by Gasteiger charge is -2.18. The molecule has 10 heteroatoms. The fourth-order valence-corrected chi connectivity index (χ4v) is 13.0. The van der Waals surface area contributed by atoms with Gasteiger partial charge in [-0.05, 0) is 71.8 Å². The van der Waals surface area contributed by atoms with Crippen LogP contribution < -0.4 is 0 Å². The first-order chi connectivity index (χ1) is 43.6. The summed E-state index contributed by atoms with van der Waals surface area (Å²) in [5, 5.41) is 8.48. The van der Waals surface area contributed by atoms with Crippen molar-refractivity contribution in [3.05, 3.63) is 279 Å². The summed E-state index contributed by atoms with van der Waals surface area (Å²) in [4.78, 5) is 32.2. The molecule has 0 aliphatic carbocycles. The third-order valence-electron chi connectivity index (χ3n) is 17.0. The van der Waals surface area contributed by atoms with Gasteiger partial charge in [0.05, 0.1) is 33.4 Å². The maximum Gasteiger partial charge on any atom is 0.166 e. The molecule has 0 aliphatic rings. The van der Waals surface area contributed by atoms with Crippen LogP contribution in [0.3, 0.4) is 0 Å². The second-order valence-electron chi connectivity index (χ2n) is 22.1. The van der Waals surface area contributed by atoms with Crippen LogP contribution in [0, 0.1) is 0 Å². The van der Waals surface area contributed by atoms with E-state index in [1.807, 2.05) is 146 Å². The van der Waals surface area contributed by atoms with Crippen LogP contribution in [0.1, 0.15) is 0 Å². The molecule has 0 bridgehead atoms. The molecule has 0 radical (unpaired) electrons. The van der Waals surface area contributed by atoms with E-state index < -0.39 is 0 Å². The van der Waals surface area contributed by atoms with Crippen molar-refractivity contribution in [1.82, 2.24) is 39.0 Å². The summed E-state index contributed by atoms with van der Waals surface area (Å²) in [6.07, 6.45) is 0. The Morgan fingerprint density at radius 3 is 0.909 bits per heavy atom. The van der Waals surface area contributed by atoms with Crippen LogP contribution in [-0.2, 0) is 0 Å². The molecule has 0 unspecified atom stereocenters. The molecule has 0 saturated heterocycles. The summed E-state index contributed by atoms with van der Waals surface area (Å²) >= 11 is 0. The average molecular weight is 1130 g/mol. The second kappa shape index (κ2) is 19.7. The van der Waals surface area contributed by atoms with Crippen LogP contribution in [0.4, 0.5) is 0 Å². The summed E-state index contributed by atoms with van der Waals surface area (Å²) in [5.41, 5.74) is 15.7. The van der Waals surface area contributed by atoms with Crippen molar-refractivity contribution in [2.24, 2.45) is 0 Å². The molecule has 0 saturated carbocycles. The van der Waals surface area contributed by atoms with Gasteiger partial charge in [0.2, 0.25) is 0 Å². The van der Waals surface area contributed by atoms with Gasteiger partial charge in [-0.3, -0.25) is 0 Å². The average Bonchev–Trinajstić information content (AvgIpc) is 1.63. The summed E-state index contributed by atoms with van der Waals surface area (Å²) in [6.45, 7) is 0. The zero-order chi connectivity index (χ0) is 57.8. The number of hydrogen-bond acceptors (Lipinski definition) is 8. The molecule has 6 heterocycles. The molecule has 12 aromatic carbocycles. The Labute approximate surface area is 502 Å². The predicted octanol–water partition coefficient (Wildman–Crippen LogP) is 19.7. The third-order valence-corrected chi connectivity index (χ3v) is 17.0. The van der Waals surface area contributed by atoms with Gasteiger partial charge in [0.1, 0.15) is 11.2 Å². The number of benzene rings is 12. The molecule has 0 amide bonds. The molecule has 410 valence electrons. The summed E-state index contributed by atoms with van der Waals surface area (Å²) in [5.74, 6) is 3.22. The van der Waals surface area contributed by atoms with Crippen LogP contribution in [0.2, 0.25) is 0 Å². The summed E-state index contributed by atoms with van der Waals surface area (Å²) in [7, 11) is 0. The van der Waals surface area contributed by atoms with Gasteiger partial charge in [-0.1, -0.05) is 218 Å². The Hall–Kier alpha value is -12.1. The van der Waals surface area contributed by atoms with Crippen molar-refractivity contribution in [3.8, 4) is 90.8 Å². The fourth-order valence-electron chi connectivity index (χ4n) is 13.0. The minimum absolute atomic E-state index is 0.502. The highest BCUT2D eigenvalue weighted by Crippen LogP contribution is 2.46. The quantitative estimate of drug-likeness (QED) is 0.140. The van der Waals surface area contributed by atoms with Gasteiger partial charge < -0.3 is 18.0 Å². The molecule has 0 spiro atoms. The lowest BCUT2D eigenvalue weighted by molar-refractivity contribution is 0.670. The minimum Gasteiger partial charge on any atom is -0.454 e. The highest BCUT2D eigenvalue weighted by atomic mass is 16.3. The van der Waals surface area contributed by atoms with Gasteiger partial charge in [0.25, 0.3) is 0 Å². The number of hydrogen-bond donors (Lipinski definition) is 0. The maximum atomic E-state index is 6.93. The Kier molecular flexibility index (Phi) is 11.1. The zero-order valence-corrected chi connectivity index (χ0v) is 47.0. The lowest BCUT2D eigenvalue weighted by atomic mass is 9.97. The topological polar surface area (TPSA) is 113 Å². The number of rotatable bonds is 9. The van der Waals surface area contributed by atoms with Crippen molar-refractivity contribution in [2.45, 2.75) is 0 Å². The van der Waals surface area contributed by atoms with Crippen LogP contribution in [0.5, 0.6) is 0 Å². The van der Waals surface area contributed by atoms with Gasteiger partial charge in [-0.2, -0.15) is 0 Å². The number of nitrogens with zero attached hydrogens (tertiary/aromatic N) is 8. The van der Waals surface area contributed by atoms with Gasteiger partial charge in [0, 0.05) is 76.5 Å². The number of para-hydroxylation sites is 4. The first-order valence-electron chi connectivity index (χ1n) is 29.3. The summed E-state index contributed by atoms with van der Waals surface area (Å²) < 4.78 is 18.5. The van der Waals surface area contributed by atoms with Crippen LogP contribution in [0.25, 0.3) is 178 Å². The monoisotopic (exact) mass is 1130 g/mol. The van der Waals surface area contributed by atoms with Crippen molar-refractivity contribution < 1.29 is 8.83 Å². The third kappa shape index (κ3) is 7.82. The van der Waals surface area contributed by atoms with Crippen LogP contribution in [-0.4, -0.2) is 39.0 Å². The standard InChI is InChI=1S/C78H46N8O2/c1-5-21-47(22-6-1)73-79-74(48-23-7-2-8-24-48)82-77(81-73)61-45-51(37-43-65(61)85-63-33-17-13-29-53(63)57-39-41-59-55-31-15-19-35-67(55)87-71(59)69(57)85)52-38-44-66(62(46-52)78-83-75(49-25-9-3-10-26-49)80-76(84-78)50-27-11-4-12-28-50)86-64-34-18-14-30-54(64)58-40-42-60-56-32-16-20-36-68(56)88-72(60)70(58)86/h1-46H. The highest BCUT2D eigenvalue weighted by molar-refractivity contribution is 6.23. The van der Waals surface area contributed by atoms with Crippen LogP contribution in [0.15, 0.2) is 288 Å².